The molecule has 0 saturated carbocycles. The Hall–Kier alpha value is -1.34. The molecule has 0 spiro atoms. The molecule has 2 atom stereocenters. The summed E-state index contributed by atoms with van der Waals surface area (Å²) in [7, 11) is 0. The monoisotopic (exact) mass is 326 g/mol. The maximum atomic E-state index is 2.52. The number of thiophene rings is 1. The zero-order valence-electron chi connectivity index (χ0n) is 15.4. The third-order valence-corrected chi connectivity index (χ3v) is 5.91. The van der Waals surface area contributed by atoms with Gasteiger partial charge in [-0.2, -0.15) is 0 Å². The fraction of sp³-hybridized carbons (Fsp3) is 0.455. The highest BCUT2D eigenvalue weighted by Gasteiger charge is 2.25. The predicted octanol–water partition coefficient (Wildman–Crippen LogP) is 7.33. The molecule has 0 nitrogen and oxygen atoms in total. The normalized spacial score (nSPS) is 15.5. The van der Waals surface area contributed by atoms with Gasteiger partial charge in [-0.05, 0) is 49.3 Å². The van der Waals surface area contributed by atoms with Gasteiger partial charge in [-0.25, -0.2) is 0 Å². The van der Waals surface area contributed by atoms with Gasteiger partial charge in [-0.15, -0.1) is 11.3 Å². The van der Waals surface area contributed by atoms with Gasteiger partial charge >= 0.3 is 0 Å². The Morgan fingerprint density at radius 2 is 1.74 bits per heavy atom. The van der Waals surface area contributed by atoms with Gasteiger partial charge < -0.3 is 0 Å². The van der Waals surface area contributed by atoms with Gasteiger partial charge in [-0.3, -0.25) is 0 Å². The first-order valence-electron chi connectivity index (χ1n) is 8.63. The summed E-state index contributed by atoms with van der Waals surface area (Å²) in [6, 6.07) is 15.6. The number of rotatable bonds is 5. The molecule has 1 aromatic heterocycles. The maximum Gasteiger partial charge on any atom is 0.0184 e. The number of aryl methyl sites for hydroxylation is 1. The van der Waals surface area contributed by atoms with Gasteiger partial charge in [0.15, 0.2) is 0 Å². The van der Waals surface area contributed by atoms with Crippen LogP contribution in [0.15, 0.2) is 54.1 Å². The Labute approximate surface area is 146 Å². The average molecular weight is 327 g/mol. The van der Waals surface area contributed by atoms with E-state index in [-0.39, 0.29) is 5.41 Å². The Balaban J connectivity index is 2.48. The predicted molar refractivity (Wildman–Crippen MR) is 104 cm³/mol. The van der Waals surface area contributed by atoms with Gasteiger partial charge in [0.05, 0.1) is 0 Å². The Kier molecular flexibility index (Phi) is 5.86. The fourth-order valence-corrected chi connectivity index (χ4v) is 3.96. The van der Waals surface area contributed by atoms with Crippen molar-refractivity contribution in [3.8, 4) is 0 Å². The Bertz CT molecular complexity index is 640. The molecule has 23 heavy (non-hydrogen) atoms. The molecule has 2 rings (SSSR count). The average Bonchev–Trinajstić information content (AvgIpc) is 2.93. The largest absolute Gasteiger partial charge is 0.145 e. The van der Waals surface area contributed by atoms with Crippen LogP contribution in [0.5, 0.6) is 0 Å². The molecule has 0 N–H and O–H groups in total. The van der Waals surface area contributed by atoms with E-state index in [0.29, 0.717) is 11.8 Å². The van der Waals surface area contributed by atoms with Gasteiger partial charge in [-0.1, -0.05) is 69.7 Å². The van der Waals surface area contributed by atoms with E-state index in [4.69, 9.17) is 0 Å². The van der Waals surface area contributed by atoms with Crippen LogP contribution in [0.4, 0.5) is 0 Å². The van der Waals surface area contributed by atoms with E-state index < -0.39 is 0 Å². The molecule has 0 radical (unpaired) electrons. The second-order valence-corrected chi connectivity index (χ2v) is 8.82. The van der Waals surface area contributed by atoms with Crippen molar-refractivity contribution < 1.29 is 0 Å². The van der Waals surface area contributed by atoms with Gasteiger partial charge in [0.2, 0.25) is 0 Å². The molecular formula is C22H30S. The van der Waals surface area contributed by atoms with E-state index in [1.54, 1.807) is 0 Å². The van der Waals surface area contributed by atoms with Crippen LogP contribution in [0.2, 0.25) is 0 Å². The van der Waals surface area contributed by atoms with Crippen molar-refractivity contribution in [1.82, 2.24) is 0 Å². The highest BCUT2D eigenvalue weighted by atomic mass is 32.1. The summed E-state index contributed by atoms with van der Waals surface area (Å²) in [6.07, 6.45) is 3.67. The summed E-state index contributed by atoms with van der Waals surface area (Å²) in [5.74, 6) is 0.992. The second kappa shape index (κ2) is 7.49. The highest BCUT2D eigenvalue weighted by Crippen LogP contribution is 2.41. The Morgan fingerprint density at radius 3 is 2.22 bits per heavy atom. The van der Waals surface area contributed by atoms with E-state index in [1.807, 2.05) is 11.3 Å². The lowest BCUT2D eigenvalue weighted by Gasteiger charge is -2.27. The maximum absolute atomic E-state index is 2.52. The summed E-state index contributed by atoms with van der Waals surface area (Å²) in [6.45, 7) is 13.7. The van der Waals surface area contributed by atoms with Crippen molar-refractivity contribution in [2.75, 3.05) is 0 Å². The lowest BCUT2D eigenvalue weighted by molar-refractivity contribution is 0.493. The third kappa shape index (κ3) is 4.57. The Morgan fingerprint density at radius 1 is 1.09 bits per heavy atom. The van der Waals surface area contributed by atoms with Crippen molar-refractivity contribution in [2.45, 2.75) is 59.8 Å². The number of hydrogen-bond acceptors (Lipinski definition) is 1. The van der Waals surface area contributed by atoms with Crippen molar-refractivity contribution in [3.05, 3.63) is 69.4 Å². The molecule has 0 aliphatic carbocycles. The molecule has 0 saturated heterocycles. The molecule has 0 bridgehead atoms. The van der Waals surface area contributed by atoms with E-state index in [9.17, 15) is 0 Å². The number of hydrogen-bond donors (Lipinski definition) is 0. The molecular weight excluding hydrogens is 296 g/mol. The summed E-state index contributed by atoms with van der Waals surface area (Å²) < 4.78 is 0. The van der Waals surface area contributed by atoms with Crippen LogP contribution >= 0.6 is 11.3 Å². The number of allylic oxidation sites excluding steroid dienone is 2. The summed E-state index contributed by atoms with van der Waals surface area (Å²) >= 11 is 1.94. The molecule has 2 aromatic rings. The highest BCUT2D eigenvalue weighted by molar-refractivity contribution is 7.12. The minimum atomic E-state index is 0.222. The molecule has 0 unspecified atom stereocenters. The number of benzene rings is 1. The van der Waals surface area contributed by atoms with Gasteiger partial charge in [0.1, 0.15) is 0 Å². The molecule has 1 heterocycles. The standard InChI is InChI=1S/C22H30S/c1-7-19(18-11-9-8-10-12-18)20(15-16(2)22(4,5)6)21-14-13-17(3)23-21/h8-15,19-20H,7H2,1-6H3/b16-15+/t19-,20+/m1/s1. The van der Waals surface area contributed by atoms with E-state index in [1.165, 1.54) is 20.9 Å². The van der Waals surface area contributed by atoms with Crippen molar-refractivity contribution in [2.24, 2.45) is 5.41 Å². The lowest BCUT2D eigenvalue weighted by Crippen LogP contribution is -2.12. The van der Waals surface area contributed by atoms with Crippen LogP contribution < -0.4 is 0 Å². The molecule has 1 aromatic carbocycles. The molecule has 0 amide bonds. The van der Waals surface area contributed by atoms with Crippen LogP contribution in [0, 0.1) is 12.3 Å². The van der Waals surface area contributed by atoms with E-state index >= 15 is 0 Å². The summed E-state index contributed by atoms with van der Waals surface area (Å²) in [4.78, 5) is 2.89. The third-order valence-electron chi connectivity index (χ3n) is 4.80. The molecule has 0 aliphatic heterocycles. The fourth-order valence-electron chi connectivity index (χ4n) is 2.95. The van der Waals surface area contributed by atoms with Crippen LogP contribution in [0.1, 0.15) is 68.2 Å². The second-order valence-electron chi connectivity index (χ2n) is 7.50. The molecule has 0 fully saturated rings. The van der Waals surface area contributed by atoms with E-state index in [2.05, 4.69) is 90.1 Å². The quantitative estimate of drug-likeness (QED) is 0.505. The van der Waals surface area contributed by atoms with Crippen LogP contribution in [-0.4, -0.2) is 0 Å². The van der Waals surface area contributed by atoms with Crippen molar-refractivity contribution >= 4 is 11.3 Å². The zero-order valence-corrected chi connectivity index (χ0v) is 16.2. The zero-order chi connectivity index (χ0) is 17.0. The smallest absolute Gasteiger partial charge is 0.0184 e. The summed E-state index contributed by atoms with van der Waals surface area (Å²) in [5, 5.41) is 0. The van der Waals surface area contributed by atoms with Gasteiger partial charge in [0.25, 0.3) is 0 Å². The molecule has 1 heteroatoms. The van der Waals surface area contributed by atoms with Crippen molar-refractivity contribution in [1.29, 1.82) is 0 Å². The van der Waals surface area contributed by atoms with Crippen molar-refractivity contribution in [3.63, 3.8) is 0 Å². The van der Waals surface area contributed by atoms with E-state index in [0.717, 1.165) is 6.42 Å². The topological polar surface area (TPSA) is 0 Å². The van der Waals surface area contributed by atoms with Crippen LogP contribution in [0.25, 0.3) is 0 Å². The first-order valence-corrected chi connectivity index (χ1v) is 9.44. The molecule has 0 aliphatic rings. The first kappa shape index (κ1) is 18.0. The molecule has 124 valence electrons. The SMILES string of the molecule is CC[C@H](c1ccccc1)[C@H](/C=C(\C)C(C)(C)C)c1ccc(C)s1. The minimum absolute atomic E-state index is 0.222. The van der Waals surface area contributed by atoms with Crippen LogP contribution in [-0.2, 0) is 0 Å². The van der Waals surface area contributed by atoms with Gasteiger partial charge in [0, 0.05) is 15.7 Å². The van der Waals surface area contributed by atoms with Crippen LogP contribution in [0.3, 0.4) is 0 Å². The lowest BCUT2D eigenvalue weighted by atomic mass is 9.78. The summed E-state index contributed by atoms with van der Waals surface area (Å²) in [5.41, 5.74) is 3.14. The minimum Gasteiger partial charge on any atom is -0.145 e. The first-order chi connectivity index (χ1) is 10.8.